The molecule has 3 aromatic heterocycles. The number of nitrogens with one attached hydrogen (secondary N) is 1. The van der Waals surface area contributed by atoms with E-state index in [1.54, 1.807) is 0 Å². The summed E-state index contributed by atoms with van der Waals surface area (Å²) in [5.74, 6) is -0.900. The van der Waals surface area contributed by atoms with Crippen molar-refractivity contribution in [3.8, 4) is 17.2 Å². The highest BCUT2D eigenvalue weighted by Crippen LogP contribution is 2.24. The maximum absolute atomic E-state index is 13.0. The van der Waals surface area contributed by atoms with Crippen LogP contribution in [0.1, 0.15) is 5.82 Å². The number of aromatic nitrogens is 7. The summed E-state index contributed by atoms with van der Waals surface area (Å²) in [7, 11) is 0. The molecule has 1 aromatic carbocycles. The molecular formula is C21H17ClF4N8O3. The van der Waals surface area contributed by atoms with E-state index in [4.69, 9.17) is 11.6 Å². The van der Waals surface area contributed by atoms with Crippen molar-refractivity contribution in [2.45, 2.75) is 25.4 Å². The Hall–Kier alpha value is -4.11. The molecule has 37 heavy (non-hydrogen) atoms. The zero-order valence-electron chi connectivity index (χ0n) is 18.6. The predicted molar refractivity (Wildman–Crippen MR) is 122 cm³/mol. The molecule has 0 bridgehead atoms. The lowest BCUT2D eigenvalue weighted by molar-refractivity contribution is -0.207. The Kier molecular flexibility index (Phi) is 7.35. The number of halogens is 5. The van der Waals surface area contributed by atoms with Crippen LogP contribution in [0.25, 0.3) is 17.2 Å². The van der Waals surface area contributed by atoms with Gasteiger partial charge in [-0.25, -0.2) is 28.5 Å². The van der Waals surface area contributed by atoms with E-state index < -0.39 is 37.1 Å². The molecule has 0 spiro atoms. The smallest absolute Gasteiger partial charge is 0.382 e. The fourth-order valence-corrected chi connectivity index (χ4v) is 3.39. The van der Waals surface area contributed by atoms with E-state index in [-0.39, 0.29) is 35.3 Å². The molecular weight excluding hydrogens is 524 g/mol. The number of carbonyl (C=O) groups excluding carboxylic acids is 1. The Balaban J connectivity index is 1.68. The van der Waals surface area contributed by atoms with E-state index in [9.17, 15) is 32.3 Å². The molecule has 4 rings (SSSR count). The summed E-state index contributed by atoms with van der Waals surface area (Å²) >= 11 is 5.88. The van der Waals surface area contributed by atoms with Gasteiger partial charge in [-0.05, 0) is 36.4 Å². The maximum Gasteiger partial charge on any atom is 0.416 e. The first-order valence-electron chi connectivity index (χ1n) is 10.5. The van der Waals surface area contributed by atoms with E-state index in [1.165, 1.54) is 53.6 Å². The second-order valence-electron chi connectivity index (χ2n) is 7.60. The first-order chi connectivity index (χ1) is 17.6. The topological polar surface area (TPSA) is 133 Å². The first-order valence-corrected chi connectivity index (χ1v) is 10.8. The van der Waals surface area contributed by atoms with Gasteiger partial charge in [-0.15, -0.1) is 10.2 Å². The number of benzene rings is 1. The number of hydrogen-bond donors (Lipinski definition) is 2. The number of aliphatic hydroxyl groups is 1. The van der Waals surface area contributed by atoms with Gasteiger partial charge in [0.2, 0.25) is 0 Å². The number of carbonyl (C=O) groups is 1. The van der Waals surface area contributed by atoms with Crippen LogP contribution in [0.15, 0.2) is 53.7 Å². The second-order valence-corrected chi connectivity index (χ2v) is 8.04. The highest BCUT2D eigenvalue weighted by molar-refractivity contribution is 6.30. The standard InChI is InChI=1S/C21H17ClF4N8O3/c22-13-5-3-12(4-6-13)18-31-33(20(37)32(18)9-15(35)21(24,25)26)10-16-28-11-34(30-16)19-14(2-1-7-27-19)29-17(36)8-23/h1-7,11,15,35H,8-10H2,(H,29,36). The van der Waals surface area contributed by atoms with Crippen LogP contribution < -0.4 is 11.0 Å². The molecule has 0 radical (unpaired) electrons. The van der Waals surface area contributed by atoms with Gasteiger partial charge in [0.15, 0.2) is 30.2 Å². The third kappa shape index (κ3) is 5.83. The minimum Gasteiger partial charge on any atom is -0.382 e. The lowest BCUT2D eigenvalue weighted by Gasteiger charge is -2.15. The van der Waals surface area contributed by atoms with Gasteiger partial charge in [0.1, 0.15) is 12.9 Å². The molecule has 16 heteroatoms. The van der Waals surface area contributed by atoms with Crippen molar-refractivity contribution in [2.24, 2.45) is 0 Å². The van der Waals surface area contributed by atoms with Crippen molar-refractivity contribution in [3.05, 3.63) is 70.3 Å². The molecule has 0 aliphatic heterocycles. The van der Waals surface area contributed by atoms with E-state index >= 15 is 0 Å². The highest BCUT2D eigenvalue weighted by Gasteiger charge is 2.39. The quantitative estimate of drug-likeness (QED) is 0.327. The summed E-state index contributed by atoms with van der Waals surface area (Å²) in [4.78, 5) is 32.6. The zero-order chi connectivity index (χ0) is 26.7. The van der Waals surface area contributed by atoms with Crippen molar-refractivity contribution in [3.63, 3.8) is 0 Å². The Bertz CT molecular complexity index is 1470. The van der Waals surface area contributed by atoms with Gasteiger partial charge >= 0.3 is 11.9 Å². The monoisotopic (exact) mass is 540 g/mol. The summed E-state index contributed by atoms with van der Waals surface area (Å²) in [6.45, 7) is -2.68. The average Bonchev–Trinajstić information content (AvgIpc) is 3.44. The lowest BCUT2D eigenvalue weighted by atomic mass is 10.2. The number of hydrogen-bond acceptors (Lipinski definition) is 7. The van der Waals surface area contributed by atoms with Crippen LogP contribution in [0.3, 0.4) is 0 Å². The molecule has 4 aromatic rings. The van der Waals surface area contributed by atoms with Crippen LogP contribution in [-0.2, 0) is 17.9 Å². The normalized spacial score (nSPS) is 12.5. The van der Waals surface area contributed by atoms with Crippen LogP contribution in [0, 0.1) is 0 Å². The molecule has 0 aliphatic carbocycles. The summed E-state index contributed by atoms with van der Waals surface area (Å²) in [5.41, 5.74) is -0.512. The number of alkyl halides is 4. The molecule has 2 N–H and O–H groups in total. The average molecular weight is 541 g/mol. The summed E-state index contributed by atoms with van der Waals surface area (Å²) in [5, 5.41) is 20.6. The van der Waals surface area contributed by atoms with Gasteiger partial charge in [-0.3, -0.25) is 9.36 Å². The third-order valence-corrected chi connectivity index (χ3v) is 5.24. The minimum absolute atomic E-state index is 0.0270. The van der Waals surface area contributed by atoms with Crippen molar-refractivity contribution >= 4 is 23.2 Å². The molecule has 1 amide bonds. The van der Waals surface area contributed by atoms with Crippen LogP contribution in [0.5, 0.6) is 0 Å². The first kappa shape index (κ1) is 26.0. The Labute approximate surface area is 210 Å². The van der Waals surface area contributed by atoms with Crippen molar-refractivity contribution in [1.82, 2.24) is 34.1 Å². The molecule has 3 heterocycles. The van der Waals surface area contributed by atoms with Crippen LogP contribution in [0.2, 0.25) is 5.02 Å². The zero-order valence-corrected chi connectivity index (χ0v) is 19.4. The van der Waals surface area contributed by atoms with Gasteiger partial charge in [0.25, 0.3) is 5.91 Å². The molecule has 11 nitrogen and oxygen atoms in total. The van der Waals surface area contributed by atoms with E-state index in [2.05, 4.69) is 25.5 Å². The number of pyridine rings is 1. The van der Waals surface area contributed by atoms with Gasteiger partial charge in [-0.2, -0.15) is 13.2 Å². The fourth-order valence-electron chi connectivity index (χ4n) is 3.26. The highest BCUT2D eigenvalue weighted by atomic mass is 35.5. The van der Waals surface area contributed by atoms with Crippen LogP contribution in [0.4, 0.5) is 23.2 Å². The van der Waals surface area contributed by atoms with Gasteiger partial charge < -0.3 is 10.4 Å². The van der Waals surface area contributed by atoms with Crippen molar-refractivity contribution < 1.29 is 27.5 Å². The maximum atomic E-state index is 13.0. The van der Waals surface area contributed by atoms with Gasteiger partial charge in [-0.1, -0.05) is 11.6 Å². The van der Waals surface area contributed by atoms with Gasteiger partial charge in [0, 0.05) is 16.8 Å². The number of nitrogens with zero attached hydrogens (tertiary/aromatic N) is 7. The van der Waals surface area contributed by atoms with Crippen molar-refractivity contribution in [1.29, 1.82) is 0 Å². The predicted octanol–water partition coefficient (Wildman–Crippen LogP) is 2.22. The second kappa shape index (κ2) is 10.5. The summed E-state index contributed by atoms with van der Waals surface area (Å²) in [6.07, 6.45) is -5.15. The number of rotatable bonds is 8. The Morgan fingerprint density at radius 1 is 1.14 bits per heavy atom. The van der Waals surface area contributed by atoms with Gasteiger partial charge in [0.05, 0.1) is 12.2 Å². The molecule has 1 atom stereocenters. The van der Waals surface area contributed by atoms with E-state index in [0.29, 0.717) is 9.59 Å². The van der Waals surface area contributed by atoms with E-state index in [0.717, 1.165) is 4.68 Å². The summed E-state index contributed by atoms with van der Waals surface area (Å²) in [6, 6.07) is 8.85. The SMILES string of the molecule is O=C(CF)Nc1cccnc1-n1cnc(Cn2nc(-c3ccc(Cl)cc3)n(CC(O)C(F)(F)F)c2=O)n1. The number of anilines is 1. The molecule has 0 saturated carbocycles. The van der Waals surface area contributed by atoms with Crippen LogP contribution >= 0.6 is 11.6 Å². The summed E-state index contributed by atoms with van der Waals surface area (Å²) < 4.78 is 54.4. The Morgan fingerprint density at radius 3 is 2.54 bits per heavy atom. The Morgan fingerprint density at radius 2 is 1.86 bits per heavy atom. The fraction of sp³-hybridized carbons (Fsp3) is 0.238. The molecule has 1 unspecified atom stereocenters. The minimum atomic E-state index is -4.96. The largest absolute Gasteiger partial charge is 0.416 e. The van der Waals surface area contributed by atoms with E-state index in [1.807, 2.05) is 0 Å². The number of amides is 1. The molecule has 0 aliphatic rings. The van der Waals surface area contributed by atoms with Crippen LogP contribution in [-0.4, -0.2) is 64.1 Å². The number of aliphatic hydroxyl groups excluding tert-OH is 1. The molecule has 194 valence electrons. The molecule has 0 fully saturated rings. The molecule has 0 saturated heterocycles. The third-order valence-electron chi connectivity index (χ3n) is 4.99. The lowest BCUT2D eigenvalue weighted by Crippen LogP contribution is -2.37. The van der Waals surface area contributed by atoms with Crippen molar-refractivity contribution in [2.75, 3.05) is 12.0 Å².